The summed E-state index contributed by atoms with van der Waals surface area (Å²) in [5.41, 5.74) is 6.10. The molecule has 1 fully saturated rings. The number of carbonyl (C=O) groups is 1. The van der Waals surface area contributed by atoms with Crippen LogP contribution >= 0.6 is 28.1 Å². The number of anilines is 1. The molecule has 19 heavy (non-hydrogen) atoms. The fourth-order valence-corrected chi connectivity index (χ4v) is 2.92. The van der Waals surface area contributed by atoms with Crippen LogP contribution in [0.2, 0.25) is 0 Å². The number of halogens is 1. The van der Waals surface area contributed by atoms with Crippen molar-refractivity contribution in [2.24, 2.45) is 11.1 Å². The van der Waals surface area contributed by atoms with E-state index in [2.05, 4.69) is 26.2 Å². The average Bonchev–Trinajstić information content (AvgIpc) is 2.84. The van der Waals surface area contributed by atoms with Crippen LogP contribution in [0.5, 0.6) is 0 Å². The SMILES string of the molecule is Cc1cc(NC(=O)C2(C(N)=S)CCCC2)ncc1Br. The van der Waals surface area contributed by atoms with Crippen molar-refractivity contribution in [2.75, 3.05) is 5.32 Å². The van der Waals surface area contributed by atoms with E-state index in [0.29, 0.717) is 5.82 Å². The molecule has 1 aromatic rings. The van der Waals surface area contributed by atoms with E-state index in [4.69, 9.17) is 18.0 Å². The fraction of sp³-hybridized carbons (Fsp3) is 0.462. The molecule has 0 bridgehead atoms. The molecular weight excluding hydrogens is 326 g/mol. The predicted octanol–water partition coefficient (Wildman–Crippen LogP) is 2.94. The number of nitrogens with one attached hydrogen (secondary N) is 1. The van der Waals surface area contributed by atoms with Gasteiger partial charge < -0.3 is 11.1 Å². The van der Waals surface area contributed by atoms with Crippen LogP contribution in [0.1, 0.15) is 31.2 Å². The highest BCUT2D eigenvalue weighted by Crippen LogP contribution is 2.39. The highest BCUT2D eigenvalue weighted by molar-refractivity contribution is 9.10. The summed E-state index contributed by atoms with van der Waals surface area (Å²) in [6.45, 7) is 1.94. The van der Waals surface area contributed by atoms with Gasteiger partial charge in [0.1, 0.15) is 5.82 Å². The topological polar surface area (TPSA) is 68.0 Å². The first-order valence-electron chi connectivity index (χ1n) is 6.19. The van der Waals surface area contributed by atoms with Crippen molar-refractivity contribution in [3.05, 3.63) is 22.3 Å². The van der Waals surface area contributed by atoms with E-state index in [1.54, 1.807) is 6.20 Å². The van der Waals surface area contributed by atoms with Crippen molar-refractivity contribution >= 4 is 44.9 Å². The Morgan fingerprint density at radius 3 is 2.68 bits per heavy atom. The van der Waals surface area contributed by atoms with Crippen LogP contribution in [0.25, 0.3) is 0 Å². The quantitative estimate of drug-likeness (QED) is 0.829. The number of carbonyl (C=O) groups excluding carboxylic acids is 1. The van der Waals surface area contributed by atoms with Crippen LogP contribution < -0.4 is 11.1 Å². The van der Waals surface area contributed by atoms with Gasteiger partial charge >= 0.3 is 0 Å². The molecule has 2 rings (SSSR count). The largest absolute Gasteiger partial charge is 0.392 e. The summed E-state index contributed by atoms with van der Waals surface area (Å²) >= 11 is 8.48. The Balaban J connectivity index is 2.20. The van der Waals surface area contributed by atoms with E-state index in [0.717, 1.165) is 35.7 Å². The normalized spacial score (nSPS) is 17.2. The number of rotatable bonds is 3. The van der Waals surface area contributed by atoms with Gasteiger partial charge in [0.25, 0.3) is 0 Å². The Morgan fingerprint density at radius 1 is 1.53 bits per heavy atom. The second-order valence-corrected chi connectivity index (χ2v) is 6.22. The Hall–Kier alpha value is -1.01. The van der Waals surface area contributed by atoms with Crippen LogP contribution in [0, 0.1) is 12.3 Å². The highest BCUT2D eigenvalue weighted by Gasteiger charge is 2.44. The summed E-state index contributed by atoms with van der Waals surface area (Å²) in [6.07, 6.45) is 5.09. The second kappa shape index (κ2) is 5.54. The molecule has 1 heterocycles. The van der Waals surface area contributed by atoms with Gasteiger partial charge in [0.05, 0.1) is 10.4 Å². The zero-order valence-corrected chi connectivity index (χ0v) is 13.1. The smallest absolute Gasteiger partial charge is 0.238 e. The van der Waals surface area contributed by atoms with Gasteiger partial charge in [-0.25, -0.2) is 4.98 Å². The summed E-state index contributed by atoms with van der Waals surface area (Å²) in [7, 11) is 0. The lowest BCUT2D eigenvalue weighted by atomic mass is 9.85. The van der Waals surface area contributed by atoms with Gasteiger partial charge in [0, 0.05) is 10.7 Å². The third kappa shape index (κ3) is 2.79. The summed E-state index contributed by atoms with van der Waals surface area (Å²) in [5.74, 6) is 0.403. The number of nitrogens with zero attached hydrogens (tertiary/aromatic N) is 1. The molecule has 0 spiro atoms. The maximum atomic E-state index is 12.4. The minimum atomic E-state index is -0.696. The summed E-state index contributed by atoms with van der Waals surface area (Å²) in [4.78, 5) is 16.9. The van der Waals surface area contributed by atoms with Gasteiger partial charge in [-0.05, 0) is 47.3 Å². The van der Waals surface area contributed by atoms with Gasteiger partial charge in [0.15, 0.2) is 0 Å². The van der Waals surface area contributed by atoms with E-state index in [9.17, 15) is 4.79 Å². The van der Waals surface area contributed by atoms with Crippen LogP contribution in [-0.2, 0) is 4.79 Å². The van der Waals surface area contributed by atoms with Crippen LogP contribution in [-0.4, -0.2) is 15.9 Å². The Bertz CT molecular complexity index is 527. The van der Waals surface area contributed by atoms with Crippen molar-refractivity contribution < 1.29 is 4.79 Å². The molecular formula is C13H16BrN3OS. The zero-order valence-electron chi connectivity index (χ0n) is 10.7. The predicted molar refractivity (Wildman–Crippen MR) is 83.0 cm³/mol. The molecule has 0 aliphatic heterocycles. The third-order valence-electron chi connectivity index (χ3n) is 3.65. The molecule has 1 aliphatic rings. The molecule has 102 valence electrons. The van der Waals surface area contributed by atoms with Gasteiger partial charge in [-0.3, -0.25) is 4.79 Å². The molecule has 3 N–H and O–H groups in total. The molecule has 1 saturated carbocycles. The lowest BCUT2D eigenvalue weighted by Gasteiger charge is -2.26. The third-order valence-corrected chi connectivity index (χ3v) is 4.87. The average molecular weight is 342 g/mol. The molecule has 1 aromatic heterocycles. The number of aromatic nitrogens is 1. The molecule has 1 aliphatic carbocycles. The first-order valence-corrected chi connectivity index (χ1v) is 7.39. The van der Waals surface area contributed by atoms with Crippen molar-refractivity contribution in [2.45, 2.75) is 32.6 Å². The van der Waals surface area contributed by atoms with E-state index in [1.807, 2.05) is 13.0 Å². The number of hydrogen-bond acceptors (Lipinski definition) is 3. The molecule has 1 amide bonds. The maximum Gasteiger partial charge on any atom is 0.238 e. The minimum Gasteiger partial charge on any atom is -0.392 e. The standard InChI is InChI=1S/C13H16BrN3OS/c1-8-6-10(16-7-9(8)14)17-12(18)13(11(15)19)4-2-3-5-13/h6-7H,2-5H2,1H3,(H2,15,19)(H,16,17,18). The summed E-state index contributed by atoms with van der Waals surface area (Å²) in [5, 5.41) is 2.84. The molecule has 0 atom stereocenters. The Labute approximate surface area is 126 Å². The monoisotopic (exact) mass is 341 g/mol. The van der Waals surface area contributed by atoms with E-state index in [1.165, 1.54) is 0 Å². The fourth-order valence-electron chi connectivity index (χ4n) is 2.41. The number of aryl methyl sites for hydroxylation is 1. The Kier molecular flexibility index (Phi) is 4.20. The van der Waals surface area contributed by atoms with E-state index < -0.39 is 5.41 Å². The molecule has 0 radical (unpaired) electrons. The first kappa shape index (κ1) is 14.4. The van der Waals surface area contributed by atoms with E-state index in [-0.39, 0.29) is 10.9 Å². The number of amides is 1. The molecule has 0 saturated heterocycles. The summed E-state index contributed by atoms with van der Waals surface area (Å²) < 4.78 is 0.912. The lowest BCUT2D eigenvalue weighted by Crippen LogP contribution is -2.44. The number of pyridine rings is 1. The number of hydrogen-bond donors (Lipinski definition) is 2. The van der Waals surface area contributed by atoms with Crippen molar-refractivity contribution in [3.63, 3.8) is 0 Å². The van der Waals surface area contributed by atoms with Crippen LogP contribution in [0.3, 0.4) is 0 Å². The van der Waals surface area contributed by atoms with Crippen LogP contribution in [0.4, 0.5) is 5.82 Å². The molecule has 0 unspecified atom stereocenters. The first-order chi connectivity index (χ1) is 8.95. The number of nitrogens with two attached hydrogens (primary N) is 1. The van der Waals surface area contributed by atoms with Gasteiger partial charge in [-0.15, -0.1) is 0 Å². The van der Waals surface area contributed by atoms with Gasteiger partial charge in [-0.1, -0.05) is 25.1 Å². The minimum absolute atomic E-state index is 0.133. The zero-order chi connectivity index (χ0) is 14.0. The van der Waals surface area contributed by atoms with Gasteiger partial charge in [-0.2, -0.15) is 0 Å². The summed E-state index contributed by atoms with van der Waals surface area (Å²) in [6, 6.07) is 1.82. The van der Waals surface area contributed by atoms with Crippen molar-refractivity contribution in [1.29, 1.82) is 0 Å². The van der Waals surface area contributed by atoms with E-state index >= 15 is 0 Å². The molecule has 4 nitrogen and oxygen atoms in total. The second-order valence-electron chi connectivity index (χ2n) is 4.93. The molecule has 6 heteroatoms. The van der Waals surface area contributed by atoms with Crippen molar-refractivity contribution in [1.82, 2.24) is 4.98 Å². The Morgan fingerprint density at radius 2 is 2.16 bits per heavy atom. The van der Waals surface area contributed by atoms with Crippen molar-refractivity contribution in [3.8, 4) is 0 Å². The highest BCUT2D eigenvalue weighted by atomic mass is 79.9. The van der Waals surface area contributed by atoms with Gasteiger partial charge in [0.2, 0.25) is 5.91 Å². The number of thiocarbonyl (C=S) groups is 1. The van der Waals surface area contributed by atoms with Crippen LogP contribution in [0.15, 0.2) is 16.7 Å². The molecule has 0 aromatic carbocycles. The lowest BCUT2D eigenvalue weighted by molar-refractivity contribution is -0.122. The maximum absolute atomic E-state index is 12.4.